The van der Waals surface area contributed by atoms with Crippen molar-refractivity contribution in [1.29, 1.82) is 0 Å². The molecule has 0 radical (unpaired) electrons. The van der Waals surface area contributed by atoms with Crippen LogP contribution in [0.5, 0.6) is 0 Å². The second kappa shape index (κ2) is 10.6. The van der Waals surface area contributed by atoms with Crippen LogP contribution in [0.3, 0.4) is 0 Å². The van der Waals surface area contributed by atoms with Gasteiger partial charge in [0.1, 0.15) is 29.7 Å². The Kier molecular flexibility index (Phi) is 8.53. The fourth-order valence-corrected chi connectivity index (χ4v) is 4.83. The van der Waals surface area contributed by atoms with Gasteiger partial charge in [-0.1, -0.05) is 6.92 Å². The van der Waals surface area contributed by atoms with E-state index < -0.39 is 54.7 Å². The van der Waals surface area contributed by atoms with Crippen LogP contribution in [-0.2, 0) is 18.9 Å². The number of rotatable bonds is 7. The lowest BCUT2D eigenvalue weighted by molar-refractivity contribution is -0.305. The van der Waals surface area contributed by atoms with Crippen molar-refractivity contribution in [3.05, 3.63) is 11.8 Å². The number of nitrogens with one attached hydrogen (secondary N) is 2. The largest absolute Gasteiger partial charge is 0.467 e. The zero-order chi connectivity index (χ0) is 23.6. The van der Waals surface area contributed by atoms with Crippen LogP contribution < -0.4 is 22.1 Å². The summed E-state index contributed by atoms with van der Waals surface area (Å²) in [7, 11) is 3.46. The van der Waals surface area contributed by atoms with Crippen LogP contribution >= 0.6 is 0 Å². The fourth-order valence-electron chi connectivity index (χ4n) is 4.83. The number of hydrogen-bond acceptors (Lipinski definition) is 11. The van der Waals surface area contributed by atoms with Crippen LogP contribution in [0.4, 0.5) is 0 Å². The third-order valence-electron chi connectivity index (χ3n) is 6.61. The topological polar surface area (TPSA) is 174 Å². The van der Waals surface area contributed by atoms with Crippen LogP contribution in [-0.4, -0.2) is 103 Å². The average Bonchev–Trinajstić information content (AvgIpc) is 2.72. The minimum absolute atomic E-state index is 0.0417. The maximum absolute atomic E-state index is 11.1. The highest BCUT2D eigenvalue weighted by Gasteiger charge is 2.50. The van der Waals surface area contributed by atoms with Crippen molar-refractivity contribution in [2.45, 2.75) is 87.4 Å². The maximum atomic E-state index is 11.1. The first-order valence-corrected chi connectivity index (χ1v) is 11.3. The molecular weight excluding hydrogens is 420 g/mol. The highest BCUT2D eigenvalue weighted by Crippen LogP contribution is 2.34. The molecule has 3 rings (SSSR count). The maximum Gasteiger partial charge on any atom is 0.215 e. The molecule has 11 heteroatoms. The van der Waals surface area contributed by atoms with E-state index in [1.54, 1.807) is 14.0 Å². The molecule has 1 saturated heterocycles. The van der Waals surface area contributed by atoms with Gasteiger partial charge in [-0.25, -0.2) is 0 Å². The van der Waals surface area contributed by atoms with Crippen molar-refractivity contribution in [1.82, 2.24) is 10.6 Å². The minimum atomic E-state index is -1.27. The van der Waals surface area contributed by atoms with E-state index in [1.807, 2.05) is 20.0 Å². The van der Waals surface area contributed by atoms with E-state index in [4.69, 9.17) is 30.4 Å². The lowest BCUT2D eigenvalue weighted by Crippen LogP contribution is -2.67. The Labute approximate surface area is 189 Å². The van der Waals surface area contributed by atoms with E-state index in [2.05, 4.69) is 10.6 Å². The van der Waals surface area contributed by atoms with Crippen LogP contribution in [0, 0.1) is 5.92 Å². The molecule has 2 aliphatic heterocycles. The van der Waals surface area contributed by atoms with Gasteiger partial charge in [0.15, 0.2) is 6.29 Å². The number of likely N-dealkylation sites (N-methyl/N-ethyl adjacent to an activating group) is 2. The molecule has 0 amide bonds. The number of aliphatic hydroxyl groups excluding tert-OH is 2. The molecular formula is C21H40N4O7. The van der Waals surface area contributed by atoms with Gasteiger partial charge >= 0.3 is 0 Å². The zero-order valence-electron chi connectivity index (χ0n) is 19.3. The van der Waals surface area contributed by atoms with E-state index in [1.165, 1.54) is 0 Å². The van der Waals surface area contributed by atoms with Gasteiger partial charge in [-0.2, -0.15) is 0 Å². The summed E-state index contributed by atoms with van der Waals surface area (Å²) in [5.74, 6) is 0.669. The Morgan fingerprint density at radius 1 is 1.12 bits per heavy atom. The Bertz CT molecular complexity index is 652. The highest BCUT2D eigenvalue weighted by atomic mass is 16.7. The Hall–Kier alpha value is -0.860. The van der Waals surface area contributed by atoms with Crippen molar-refractivity contribution >= 4 is 0 Å². The zero-order valence-corrected chi connectivity index (χ0v) is 19.3. The van der Waals surface area contributed by atoms with Crippen LogP contribution in [0.25, 0.3) is 0 Å². The molecule has 3 aliphatic rings. The molecule has 11 atom stereocenters. The summed E-state index contributed by atoms with van der Waals surface area (Å²) in [5.41, 5.74) is 11.2. The molecule has 0 unspecified atom stereocenters. The van der Waals surface area contributed by atoms with Gasteiger partial charge in [-0.05, 0) is 45.9 Å². The van der Waals surface area contributed by atoms with E-state index in [9.17, 15) is 15.3 Å². The van der Waals surface area contributed by atoms with Crippen molar-refractivity contribution in [3.8, 4) is 0 Å². The van der Waals surface area contributed by atoms with Gasteiger partial charge in [0, 0.05) is 6.04 Å². The second-order valence-electron chi connectivity index (χ2n) is 9.45. The molecule has 9 N–H and O–H groups in total. The molecule has 1 aliphatic carbocycles. The van der Waals surface area contributed by atoms with Crippen molar-refractivity contribution < 1.29 is 34.3 Å². The molecule has 11 nitrogen and oxygen atoms in total. The normalized spacial score (nSPS) is 47.6. The number of hydrogen-bond donors (Lipinski definition) is 7. The Balaban J connectivity index is 1.68. The Morgan fingerprint density at radius 3 is 2.47 bits per heavy atom. The SMILES string of the molecule is CNCC1=CC[C@@H](N)[C@@H](O[C@H]2[C@H](O)[C@@H](O[C@H]3OC[C@](C)(O)[C@H](NC)[C@H]3O)[C@H](N)C[C@@H]2C)O1. The summed E-state index contributed by atoms with van der Waals surface area (Å²) in [6.07, 6.45) is -2.43. The van der Waals surface area contributed by atoms with Gasteiger partial charge < -0.3 is 56.4 Å². The number of nitrogens with two attached hydrogens (primary N) is 2. The first kappa shape index (κ1) is 25.8. The monoisotopic (exact) mass is 460 g/mol. The van der Waals surface area contributed by atoms with Crippen molar-refractivity contribution in [3.63, 3.8) is 0 Å². The summed E-state index contributed by atoms with van der Waals surface area (Å²) >= 11 is 0. The minimum Gasteiger partial charge on any atom is -0.467 e. The number of aliphatic hydroxyl groups is 3. The first-order chi connectivity index (χ1) is 15.1. The summed E-state index contributed by atoms with van der Waals surface area (Å²) in [6.45, 7) is 4.03. The van der Waals surface area contributed by atoms with E-state index >= 15 is 0 Å². The molecule has 32 heavy (non-hydrogen) atoms. The predicted molar refractivity (Wildman–Crippen MR) is 116 cm³/mol. The molecule has 1 saturated carbocycles. The smallest absolute Gasteiger partial charge is 0.215 e. The fraction of sp³-hybridized carbons (Fsp3) is 0.905. The van der Waals surface area contributed by atoms with Gasteiger partial charge in [-0.15, -0.1) is 0 Å². The summed E-state index contributed by atoms with van der Waals surface area (Å²) < 4.78 is 23.6. The molecule has 2 heterocycles. The van der Waals surface area contributed by atoms with Crippen LogP contribution in [0.1, 0.15) is 26.7 Å². The van der Waals surface area contributed by atoms with Gasteiger partial charge in [0.25, 0.3) is 0 Å². The molecule has 0 bridgehead atoms. The third kappa shape index (κ3) is 5.44. The second-order valence-corrected chi connectivity index (χ2v) is 9.45. The van der Waals surface area contributed by atoms with Gasteiger partial charge in [0.05, 0.1) is 31.3 Å². The van der Waals surface area contributed by atoms with Crippen molar-refractivity contribution in [2.24, 2.45) is 17.4 Å². The third-order valence-corrected chi connectivity index (χ3v) is 6.61. The van der Waals surface area contributed by atoms with E-state index in [-0.39, 0.29) is 18.6 Å². The van der Waals surface area contributed by atoms with E-state index in [0.29, 0.717) is 19.4 Å². The standard InChI is InChI=1S/C21H40N4O7/c1-10-7-13(23)17(32-20-15(27)18(25-4)21(2,28)9-29-20)14(26)16(10)31-19-12(22)6-5-11(30-19)8-24-3/h5,10,12-20,24-28H,6-9,22-23H2,1-4H3/t10-,12+,13+,14-,15+,16+,17-,18+,19+,20+,21-/m0/s1. The van der Waals surface area contributed by atoms with Crippen LogP contribution in [0.2, 0.25) is 0 Å². The van der Waals surface area contributed by atoms with Crippen LogP contribution in [0.15, 0.2) is 11.8 Å². The molecule has 0 aromatic heterocycles. The van der Waals surface area contributed by atoms with E-state index in [0.717, 1.165) is 5.76 Å². The predicted octanol–water partition coefficient (Wildman–Crippen LogP) is -2.28. The quantitative estimate of drug-likeness (QED) is 0.218. The first-order valence-electron chi connectivity index (χ1n) is 11.3. The lowest BCUT2D eigenvalue weighted by Gasteiger charge is -2.48. The summed E-state index contributed by atoms with van der Waals surface area (Å²) in [6, 6.07) is -1.53. The van der Waals surface area contributed by atoms with Gasteiger partial charge in [-0.3, -0.25) is 0 Å². The molecule has 186 valence electrons. The molecule has 0 spiro atoms. The molecule has 2 fully saturated rings. The lowest BCUT2D eigenvalue weighted by atomic mass is 9.80. The average molecular weight is 461 g/mol. The molecule has 0 aromatic carbocycles. The Morgan fingerprint density at radius 2 is 1.81 bits per heavy atom. The summed E-state index contributed by atoms with van der Waals surface area (Å²) in [5, 5.41) is 38.2. The van der Waals surface area contributed by atoms with Gasteiger partial charge in [0.2, 0.25) is 6.29 Å². The highest BCUT2D eigenvalue weighted by molar-refractivity contribution is 5.04. The number of ether oxygens (including phenoxy) is 4. The molecule has 0 aromatic rings. The van der Waals surface area contributed by atoms with Crippen molar-refractivity contribution in [2.75, 3.05) is 27.2 Å². The summed E-state index contributed by atoms with van der Waals surface area (Å²) in [4.78, 5) is 0.